The van der Waals surface area contributed by atoms with E-state index in [1.165, 1.54) is 29.5 Å². The molecule has 1 N–H and O–H groups in total. The third kappa shape index (κ3) is 3.94. The first kappa shape index (κ1) is 16.7. The topological polar surface area (TPSA) is 95.7 Å². The number of nitrogens with one attached hydrogen (secondary N) is 1. The average molecular weight is 357 g/mol. The van der Waals surface area contributed by atoms with E-state index in [1.807, 2.05) is 19.9 Å². The SMILES string of the molecule is CC(C)Cc1nnc(NS(=O)(=O)c2ccc(C#N)cc2Cl)s1. The van der Waals surface area contributed by atoms with Gasteiger partial charge in [-0.05, 0) is 24.1 Å². The van der Waals surface area contributed by atoms with E-state index in [2.05, 4.69) is 14.9 Å². The zero-order chi connectivity index (χ0) is 16.3. The van der Waals surface area contributed by atoms with Crippen LogP contribution in [0.1, 0.15) is 24.4 Å². The number of benzene rings is 1. The lowest BCUT2D eigenvalue weighted by atomic mass is 10.1. The van der Waals surface area contributed by atoms with Gasteiger partial charge in [-0.3, -0.25) is 4.72 Å². The Labute approximate surface area is 137 Å². The highest BCUT2D eigenvalue weighted by Crippen LogP contribution is 2.26. The number of sulfonamides is 1. The number of nitriles is 1. The predicted molar refractivity (Wildman–Crippen MR) is 85.4 cm³/mol. The zero-order valence-corrected chi connectivity index (χ0v) is 14.3. The maximum Gasteiger partial charge on any atom is 0.265 e. The summed E-state index contributed by atoms with van der Waals surface area (Å²) < 4.78 is 27.0. The lowest BCUT2D eigenvalue weighted by Crippen LogP contribution is -2.13. The van der Waals surface area contributed by atoms with Crippen molar-refractivity contribution in [2.45, 2.75) is 25.2 Å². The molecule has 0 spiro atoms. The van der Waals surface area contributed by atoms with E-state index in [9.17, 15) is 8.42 Å². The Balaban J connectivity index is 2.24. The van der Waals surface area contributed by atoms with Gasteiger partial charge in [-0.2, -0.15) is 5.26 Å². The van der Waals surface area contributed by atoms with Gasteiger partial charge < -0.3 is 0 Å². The third-order valence-corrected chi connectivity index (χ3v) is 5.43. The third-order valence-electron chi connectivity index (χ3n) is 2.62. The van der Waals surface area contributed by atoms with Crippen LogP contribution in [-0.4, -0.2) is 18.6 Å². The van der Waals surface area contributed by atoms with Crippen molar-refractivity contribution in [1.82, 2.24) is 10.2 Å². The minimum absolute atomic E-state index is 0.0153. The molecule has 22 heavy (non-hydrogen) atoms. The second-order valence-electron chi connectivity index (χ2n) is 4.96. The van der Waals surface area contributed by atoms with E-state index < -0.39 is 10.0 Å². The Morgan fingerprint density at radius 3 is 2.73 bits per heavy atom. The Hall–Kier alpha value is -1.69. The summed E-state index contributed by atoms with van der Waals surface area (Å²) in [4.78, 5) is -0.103. The predicted octanol–water partition coefficient (Wildman–Crippen LogP) is 3.06. The van der Waals surface area contributed by atoms with Crippen LogP contribution in [0.2, 0.25) is 5.02 Å². The molecule has 0 fully saturated rings. The monoisotopic (exact) mass is 356 g/mol. The minimum Gasteiger partial charge on any atom is -0.253 e. The number of hydrogen-bond donors (Lipinski definition) is 1. The van der Waals surface area contributed by atoms with Crippen molar-refractivity contribution in [1.29, 1.82) is 5.26 Å². The van der Waals surface area contributed by atoms with Gasteiger partial charge >= 0.3 is 0 Å². The summed E-state index contributed by atoms with van der Waals surface area (Å²) in [5.74, 6) is 0.408. The second-order valence-corrected chi connectivity index (χ2v) is 8.08. The lowest BCUT2D eigenvalue weighted by molar-refractivity contribution is 0.601. The van der Waals surface area contributed by atoms with E-state index in [0.717, 1.165) is 11.4 Å². The molecule has 2 rings (SSSR count). The number of anilines is 1. The fourth-order valence-electron chi connectivity index (χ4n) is 1.68. The highest BCUT2D eigenvalue weighted by atomic mass is 35.5. The number of hydrogen-bond acceptors (Lipinski definition) is 6. The molecule has 0 bridgehead atoms. The van der Waals surface area contributed by atoms with Crippen molar-refractivity contribution >= 4 is 38.1 Å². The van der Waals surface area contributed by atoms with Crippen molar-refractivity contribution in [2.24, 2.45) is 5.92 Å². The van der Waals surface area contributed by atoms with Gasteiger partial charge in [-0.15, -0.1) is 10.2 Å². The summed E-state index contributed by atoms with van der Waals surface area (Å²) in [7, 11) is -3.87. The summed E-state index contributed by atoms with van der Waals surface area (Å²) in [6.07, 6.45) is 0.733. The molecule has 0 aliphatic rings. The molecule has 0 radical (unpaired) electrons. The number of nitrogens with zero attached hydrogens (tertiary/aromatic N) is 3. The van der Waals surface area contributed by atoms with Crippen LogP contribution in [-0.2, 0) is 16.4 Å². The molecule has 2 aromatic rings. The van der Waals surface area contributed by atoms with Gasteiger partial charge in [0.1, 0.15) is 9.90 Å². The van der Waals surface area contributed by atoms with E-state index >= 15 is 0 Å². The van der Waals surface area contributed by atoms with Crippen molar-refractivity contribution in [3.8, 4) is 6.07 Å². The average Bonchev–Trinajstić information content (AvgIpc) is 2.83. The molecule has 0 amide bonds. The molecular weight excluding hydrogens is 344 g/mol. The quantitative estimate of drug-likeness (QED) is 0.888. The van der Waals surface area contributed by atoms with Gasteiger partial charge in [0, 0.05) is 6.42 Å². The van der Waals surface area contributed by atoms with E-state index in [1.54, 1.807) is 0 Å². The van der Waals surface area contributed by atoms with Crippen molar-refractivity contribution in [3.05, 3.63) is 33.8 Å². The Kier molecular flexibility index (Phi) is 5.01. The molecule has 1 heterocycles. The van der Waals surface area contributed by atoms with Crippen LogP contribution in [0.5, 0.6) is 0 Å². The second kappa shape index (κ2) is 6.60. The van der Waals surface area contributed by atoms with Crippen LogP contribution >= 0.6 is 22.9 Å². The first-order valence-electron chi connectivity index (χ1n) is 6.36. The highest BCUT2D eigenvalue weighted by Gasteiger charge is 2.20. The number of rotatable bonds is 5. The summed E-state index contributed by atoms with van der Waals surface area (Å²) >= 11 is 7.12. The molecule has 9 heteroatoms. The van der Waals surface area contributed by atoms with Crippen molar-refractivity contribution < 1.29 is 8.42 Å². The zero-order valence-electron chi connectivity index (χ0n) is 11.9. The first-order valence-corrected chi connectivity index (χ1v) is 9.04. The largest absolute Gasteiger partial charge is 0.265 e. The maximum atomic E-state index is 12.3. The Morgan fingerprint density at radius 1 is 1.41 bits per heavy atom. The number of halogens is 1. The van der Waals surface area contributed by atoms with Gasteiger partial charge in [0.15, 0.2) is 0 Å². The molecule has 0 aliphatic heterocycles. The molecule has 0 saturated heterocycles. The normalized spacial score (nSPS) is 11.4. The molecule has 0 atom stereocenters. The van der Waals surface area contributed by atoms with Gasteiger partial charge in [0.05, 0.1) is 16.7 Å². The number of aromatic nitrogens is 2. The summed E-state index contributed by atoms with van der Waals surface area (Å²) in [5, 5.41) is 17.5. The van der Waals surface area contributed by atoms with Gasteiger partial charge in [-0.1, -0.05) is 36.8 Å². The molecule has 116 valence electrons. The standard InChI is InChI=1S/C13H13ClN4O2S2/c1-8(2)5-12-16-17-13(21-12)18-22(19,20)11-4-3-9(7-15)6-10(11)14/h3-4,6,8H,5H2,1-2H3,(H,17,18). The van der Waals surface area contributed by atoms with Crippen LogP contribution < -0.4 is 4.72 Å². The molecule has 6 nitrogen and oxygen atoms in total. The molecule has 0 unspecified atom stereocenters. The smallest absolute Gasteiger partial charge is 0.253 e. The Morgan fingerprint density at radius 2 is 2.14 bits per heavy atom. The summed E-state index contributed by atoms with van der Waals surface area (Å²) in [6.45, 7) is 4.09. The van der Waals surface area contributed by atoms with E-state index in [0.29, 0.717) is 11.5 Å². The van der Waals surface area contributed by atoms with Crippen LogP contribution in [0.3, 0.4) is 0 Å². The van der Waals surface area contributed by atoms with Crippen LogP contribution in [0, 0.1) is 17.2 Å². The summed E-state index contributed by atoms with van der Waals surface area (Å²) in [5.41, 5.74) is 0.291. The van der Waals surface area contributed by atoms with Crippen LogP contribution in [0.25, 0.3) is 0 Å². The molecule has 1 aromatic heterocycles. The fraction of sp³-hybridized carbons (Fsp3) is 0.308. The van der Waals surface area contributed by atoms with E-state index in [-0.39, 0.29) is 15.0 Å². The van der Waals surface area contributed by atoms with Gasteiger partial charge in [0.25, 0.3) is 10.0 Å². The Bertz CT molecular complexity index is 825. The maximum absolute atomic E-state index is 12.3. The highest BCUT2D eigenvalue weighted by molar-refractivity contribution is 7.93. The molecule has 0 aliphatic carbocycles. The lowest BCUT2D eigenvalue weighted by Gasteiger charge is -2.06. The summed E-state index contributed by atoms with van der Waals surface area (Å²) in [6, 6.07) is 5.89. The molecular formula is C13H13ClN4O2S2. The fourth-order valence-corrected chi connectivity index (χ4v) is 4.41. The van der Waals surface area contributed by atoms with Crippen LogP contribution in [0.15, 0.2) is 23.1 Å². The van der Waals surface area contributed by atoms with Crippen molar-refractivity contribution in [3.63, 3.8) is 0 Å². The minimum atomic E-state index is -3.87. The molecule has 1 aromatic carbocycles. The van der Waals surface area contributed by atoms with Gasteiger partial charge in [0.2, 0.25) is 5.13 Å². The molecule has 0 saturated carbocycles. The van der Waals surface area contributed by atoms with Crippen molar-refractivity contribution in [2.75, 3.05) is 4.72 Å². The van der Waals surface area contributed by atoms with Crippen LogP contribution in [0.4, 0.5) is 5.13 Å². The van der Waals surface area contributed by atoms with E-state index in [4.69, 9.17) is 16.9 Å². The van der Waals surface area contributed by atoms with Gasteiger partial charge in [-0.25, -0.2) is 8.42 Å². The first-order chi connectivity index (χ1) is 10.3.